The normalized spacial score (nSPS) is 18.7. The minimum atomic E-state index is -0.917. The van der Waals surface area contributed by atoms with Gasteiger partial charge in [0.25, 0.3) is 11.6 Å². The minimum Gasteiger partial charge on any atom is -0.337 e. The molecule has 6 nitrogen and oxygen atoms in total. The lowest BCUT2D eigenvalue weighted by atomic mass is 9.93. The molecule has 1 amide bonds. The number of piperidine rings is 1. The Labute approximate surface area is 120 Å². The predicted octanol–water partition coefficient (Wildman–Crippen LogP) is 2.18. The molecule has 1 unspecified atom stereocenters. The van der Waals surface area contributed by atoms with E-state index in [1.54, 1.807) is 0 Å². The Bertz CT molecular complexity index is 603. The van der Waals surface area contributed by atoms with Crippen molar-refractivity contribution in [1.82, 2.24) is 4.90 Å². The molecular formula is C14H15FN2O4. The van der Waals surface area contributed by atoms with Crippen molar-refractivity contribution in [3.8, 4) is 0 Å². The molecule has 1 saturated heterocycles. The summed E-state index contributed by atoms with van der Waals surface area (Å²) < 4.78 is 13.9. The van der Waals surface area contributed by atoms with Crippen LogP contribution in [0.15, 0.2) is 18.2 Å². The fourth-order valence-electron chi connectivity index (χ4n) is 2.41. The molecule has 2 rings (SSSR count). The molecular weight excluding hydrogens is 279 g/mol. The molecule has 7 heteroatoms. The molecule has 0 radical (unpaired) electrons. The van der Waals surface area contributed by atoms with E-state index in [1.165, 1.54) is 4.90 Å². The minimum absolute atomic E-state index is 0.116. The van der Waals surface area contributed by atoms with E-state index < -0.39 is 22.3 Å². The summed E-state index contributed by atoms with van der Waals surface area (Å²) in [4.78, 5) is 35.2. The molecule has 0 spiro atoms. The summed E-state index contributed by atoms with van der Waals surface area (Å²) in [5.41, 5.74) is -0.603. The summed E-state index contributed by atoms with van der Waals surface area (Å²) in [5.74, 6) is -1.55. The van der Waals surface area contributed by atoms with E-state index in [9.17, 15) is 24.1 Å². The van der Waals surface area contributed by atoms with Crippen molar-refractivity contribution in [2.75, 3.05) is 13.1 Å². The number of Topliss-reactive ketones (excluding diaryl/α,β-unsaturated/α-hetero) is 1. The van der Waals surface area contributed by atoms with E-state index in [0.29, 0.717) is 6.42 Å². The van der Waals surface area contributed by atoms with Crippen molar-refractivity contribution in [1.29, 1.82) is 0 Å². The fraction of sp³-hybridized carbons (Fsp3) is 0.429. The molecule has 1 fully saturated rings. The van der Waals surface area contributed by atoms with E-state index in [2.05, 4.69) is 0 Å². The van der Waals surface area contributed by atoms with Crippen LogP contribution in [0.3, 0.4) is 0 Å². The van der Waals surface area contributed by atoms with Crippen LogP contribution in [0.5, 0.6) is 0 Å². The van der Waals surface area contributed by atoms with E-state index in [0.717, 1.165) is 18.2 Å². The lowest BCUT2D eigenvalue weighted by Crippen LogP contribution is -2.44. The Balaban J connectivity index is 2.20. The highest BCUT2D eigenvalue weighted by molar-refractivity contribution is 5.96. The summed E-state index contributed by atoms with van der Waals surface area (Å²) in [6, 6.07) is 2.95. The number of nitrogens with zero attached hydrogens (tertiary/aromatic N) is 2. The number of hydrogen-bond donors (Lipinski definition) is 0. The zero-order chi connectivity index (χ0) is 15.6. The Hall–Kier alpha value is -2.31. The van der Waals surface area contributed by atoms with Crippen molar-refractivity contribution in [2.24, 2.45) is 5.92 Å². The van der Waals surface area contributed by atoms with Crippen LogP contribution in [0, 0.1) is 21.8 Å². The van der Waals surface area contributed by atoms with Crippen LogP contribution in [0.2, 0.25) is 0 Å². The number of benzene rings is 1. The van der Waals surface area contributed by atoms with Gasteiger partial charge in [-0.3, -0.25) is 19.7 Å². The largest absolute Gasteiger partial charge is 0.337 e. The van der Waals surface area contributed by atoms with Crippen LogP contribution in [-0.2, 0) is 4.79 Å². The highest BCUT2D eigenvalue weighted by Crippen LogP contribution is 2.21. The molecule has 0 aromatic heterocycles. The van der Waals surface area contributed by atoms with E-state index in [1.807, 2.05) is 6.92 Å². The maximum absolute atomic E-state index is 13.9. The zero-order valence-electron chi connectivity index (χ0n) is 11.5. The summed E-state index contributed by atoms with van der Waals surface area (Å²) in [6.45, 7) is 2.39. The summed E-state index contributed by atoms with van der Waals surface area (Å²) >= 11 is 0. The molecule has 1 atom stereocenters. The third-order valence-corrected chi connectivity index (χ3v) is 3.70. The molecule has 1 heterocycles. The van der Waals surface area contributed by atoms with Crippen molar-refractivity contribution in [3.63, 3.8) is 0 Å². The molecule has 1 aliphatic rings. The van der Waals surface area contributed by atoms with Gasteiger partial charge in [0, 0.05) is 31.5 Å². The van der Waals surface area contributed by atoms with E-state index >= 15 is 0 Å². The number of rotatable bonds is 3. The van der Waals surface area contributed by atoms with Gasteiger partial charge in [-0.2, -0.15) is 0 Å². The standard InChI is InChI=1S/C14H15FN2O4/c1-2-9-8-16(6-5-13(9)18)14(19)11-4-3-10(17(20)21)7-12(11)15/h3-4,7,9H,2,5-6,8H2,1H3. The van der Waals surface area contributed by atoms with Gasteiger partial charge < -0.3 is 4.90 Å². The molecule has 1 aliphatic heterocycles. The van der Waals surface area contributed by atoms with Crippen LogP contribution in [-0.4, -0.2) is 34.6 Å². The van der Waals surface area contributed by atoms with Crippen molar-refractivity contribution < 1.29 is 18.9 Å². The van der Waals surface area contributed by atoms with Gasteiger partial charge in [0.05, 0.1) is 16.6 Å². The maximum Gasteiger partial charge on any atom is 0.272 e. The Morgan fingerprint density at radius 3 is 2.81 bits per heavy atom. The molecule has 1 aromatic rings. The summed E-state index contributed by atoms with van der Waals surface area (Å²) in [5, 5.41) is 10.6. The van der Waals surface area contributed by atoms with Crippen LogP contribution < -0.4 is 0 Å². The lowest BCUT2D eigenvalue weighted by Gasteiger charge is -2.31. The third-order valence-electron chi connectivity index (χ3n) is 3.70. The fourth-order valence-corrected chi connectivity index (χ4v) is 2.41. The summed E-state index contributed by atoms with van der Waals surface area (Å²) in [7, 11) is 0. The second kappa shape index (κ2) is 5.99. The second-order valence-electron chi connectivity index (χ2n) is 4.99. The van der Waals surface area contributed by atoms with Gasteiger partial charge >= 0.3 is 0 Å². The number of nitro benzene ring substituents is 1. The summed E-state index contributed by atoms with van der Waals surface area (Å²) in [6.07, 6.45) is 0.893. The Morgan fingerprint density at radius 1 is 1.52 bits per heavy atom. The van der Waals surface area contributed by atoms with Crippen LogP contribution in [0.25, 0.3) is 0 Å². The number of amides is 1. The molecule has 112 valence electrons. The Morgan fingerprint density at radius 2 is 2.24 bits per heavy atom. The van der Waals surface area contributed by atoms with E-state index in [-0.39, 0.29) is 36.8 Å². The average molecular weight is 294 g/mol. The van der Waals surface area contributed by atoms with Gasteiger partial charge in [0.2, 0.25) is 0 Å². The van der Waals surface area contributed by atoms with Crippen LogP contribution >= 0.6 is 0 Å². The molecule has 0 bridgehead atoms. The molecule has 0 aliphatic carbocycles. The quantitative estimate of drug-likeness (QED) is 0.632. The average Bonchev–Trinajstić information content (AvgIpc) is 2.46. The van der Waals surface area contributed by atoms with Gasteiger partial charge in [-0.05, 0) is 12.5 Å². The predicted molar refractivity (Wildman–Crippen MR) is 72.4 cm³/mol. The van der Waals surface area contributed by atoms with Gasteiger partial charge in [0.1, 0.15) is 11.6 Å². The van der Waals surface area contributed by atoms with Crippen LogP contribution in [0.1, 0.15) is 30.1 Å². The number of carbonyl (C=O) groups excluding carboxylic acids is 2. The number of carbonyl (C=O) groups is 2. The first-order valence-corrected chi connectivity index (χ1v) is 6.70. The SMILES string of the molecule is CCC1CN(C(=O)c2ccc([N+](=O)[O-])cc2F)CCC1=O. The number of halogens is 1. The number of hydrogen-bond acceptors (Lipinski definition) is 4. The lowest BCUT2D eigenvalue weighted by molar-refractivity contribution is -0.385. The number of non-ortho nitro benzene ring substituents is 1. The number of likely N-dealkylation sites (tertiary alicyclic amines) is 1. The maximum atomic E-state index is 13.9. The van der Waals surface area contributed by atoms with Crippen molar-refractivity contribution >= 4 is 17.4 Å². The van der Waals surface area contributed by atoms with Gasteiger partial charge in [-0.25, -0.2) is 4.39 Å². The van der Waals surface area contributed by atoms with Gasteiger partial charge in [-0.15, -0.1) is 0 Å². The second-order valence-corrected chi connectivity index (χ2v) is 4.99. The first kappa shape index (κ1) is 15.1. The highest BCUT2D eigenvalue weighted by atomic mass is 19.1. The van der Waals surface area contributed by atoms with Crippen molar-refractivity contribution in [3.05, 3.63) is 39.7 Å². The molecule has 21 heavy (non-hydrogen) atoms. The van der Waals surface area contributed by atoms with Crippen LogP contribution in [0.4, 0.5) is 10.1 Å². The van der Waals surface area contributed by atoms with Gasteiger partial charge in [0.15, 0.2) is 0 Å². The van der Waals surface area contributed by atoms with Gasteiger partial charge in [-0.1, -0.05) is 6.92 Å². The zero-order valence-corrected chi connectivity index (χ0v) is 11.5. The number of ketones is 1. The first-order chi connectivity index (χ1) is 9.93. The first-order valence-electron chi connectivity index (χ1n) is 6.70. The third kappa shape index (κ3) is 3.07. The topological polar surface area (TPSA) is 80.5 Å². The Kier molecular flexibility index (Phi) is 4.30. The monoisotopic (exact) mass is 294 g/mol. The molecule has 1 aromatic carbocycles. The molecule has 0 N–H and O–H groups in total. The molecule has 0 saturated carbocycles. The smallest absolute Gasteiger partial charge is 0.272 e. The highest BCUT2D eigenvalue weighted by Gasteiger charge is 2.30. The number of nitro groups is 1. The van der Waals surface area contributed by atoms with E-state index in [4.69, 9.17) is 0 Å². The van der Waals surface area contributed by atoms with Crippen molar-refractivity contribution in [2.45, 2.75) is 19.8 Å².